The monoisotopic (exact) mass is 270 g/mol. The molecule has 1 heterocycles. The van der Waals surface area contributed by atoms with E-state index in [0.29, 0.717) is 31.8 Å². The number of hydrogen-bond acceptors (Lipinski definition) is 4. The zero-order valence-corrected chi connectivity index (χ0v) is 11.3. The molecule has 4 N–H and O–H groups in total. The first-order valence-corrected chi connectivity index (χ1v) is 6.81. The molecule has 3 atom stereocenters. The lowest BCUT2D eigenvalue weighted by atomic mass is 9.76. The molecular weight excluding hydrogens is 248 g/mol. The minimum Gasteiger partial charge on any atom is -0.480 e. The second-order valence-corrected chi connectivity index (χ2v) is 6.00. The van der Waals surface area contributed by atoms with E-state index in [9.17, 15) is 14.7 Å². The zero-order valence-electron chi connectivity index (χ0n) is 11.3. The van der Waals surface area contributed by atoms with Gasteiger partial charge in [0.25, 0.3) is 0 Å². The number of rotatable bonds is 3. The molecule has 1 aliphatic carbocycles. The molecule has 6 heteroatoms. The van der Waals surface area contributed by atoms with E-state index in [1.165, 1.54) is 0 Å². The number of aliphatic carboxylic acids is 1. The van der Waals surface area contributed by atoms with E-state index >= 15 is 0 Å². The van der Waals surface area contributed by atoms with Crippen LogP contribution in [0.1, 0.15) is 39.0 Å². The van der Waals surface area contributed by atoms with Crippen molar-refractivity contribution in [3.63, 3.8) is 0 Å². The Labute approximate surface area is 112 Å². The van der Waals surface area contributed by atoms with Crippen molar-refractivity contribution in [3.8, 4) is 0 Å². The van der Waals surface area contributed by atoms with Crippen LogP contribution in [0.3, 0.4) is 0 Å². The zero-order chi connectivity index (χ0) is 14.1. The van der Waals surface area contributed by atoms with Gasteiger partial charge in [0.1, 0.15) is 11.1 Å². The molecule has 6 nitrogen and oxygen atoms in total. The van der Waals surface area contributed by atoms with Gasteiger partial charge in [-0.3, -0.25) is 4.79 Å². The van der Waals surface area contributed by atoms with Gasteiger partial charge in [-0.25, -0.2) is 4.79 Å². The van der Waals surface area contributed by atoms with Crippen LogP contribution >= 0.6 is 0 Å². The van der Waals surface area contributed by atoms with Crippen molar-refractivity contribution in [2.24, 2.45) is 11.7 Å². The van der Waals surface area contributed by atoms with Gasteiger partial charge in [0.05, 0.1) is 6.61 Å². The molecular formula is C13H22N2O4. The van der Waals surface area contributed by atoms with Crippen LogP contribution in [-0.4, -0.2) is 41.3 Å². The molecule has 2 fully saturated rings. The lowest BCUT2D eigenvalue weighted by Gasteiger charge is -2.38. The second kappa shape index (κ2) is 5.09. The molecule has 3 unspecified atom stereocenters. The quantitative estimate of drug-likeness (QED) is 0.682. The molecule has 0 aromatic carbocycles. The number of nitrogens with one attached hydrogen (secondary N) is 1. The minimum absolute atomic E-state index is 0.157. The summed E-state index contributed by atoms with van der Waals surface area (Å²) in [7, 11) is 0. The van der Waals surface area contributed by atoms with Crippen molar-refractivity contribution in [2.75, 3.05) is 13.2 Å². The van der Waals surface area contributed by atoms with E-state index in [2.05, 4.69) is 5.32 Å². The average Bonchev–Trinajstić information content (AvgIpc) is 2.77. The number of nitrogens with two attached hydrogens (primary N) is 1. The average molecular weight is 270 g/mol. The third kappa shape index (κ3) is 2.74. The Kier molecular flexibility index (Phi) is 3.82. The Balaban J connectivity index is 2.12. The lowest BCUT2D eigenvalue weighted by Crippen LogP contribution is -2.64. The summed E-state index contributed by atoms with van der Waals surface area (Å²) < 4.78 is 5.15. The van der Waals surface area contributed by atoms with E-state index in [1.807, 2.05) is 6.92 Å². The van der Waals surface area contributed by atoms with E-state index in [-0.39, 0.29) is 6.61 Å². The van der Waals surface area contributed by atoms with Crippen molar-refractivity contribution in [2.45, 2.75) is 50.1 Å². The highest BCUT2D eigenvalue weighted by molar-refractivity contribution is 5.92. The minimum atomic E-state index is -1.16. The third-order valence-electron chi connectivity index (χ3n) is 4.26. The predicted octanol–water partition coefficient (Wildman–Crippen LogP) is 0.254. The number of amides is 1. The highest BCUT2D eigenvalue weighted by Gasteiger charge is 2.47. The van der Waals surface area contributed by atoms with Crippen LogP contribution in [0.15, 0.2) is 0 Å². The van der Waals surface area contributed by atoms with Gasteiger partial charge < -0.3 is 20.9 Å². The summed E-state index contributed by atoms with van der Waals surface area (Å²) in [4.78, 5) is 23.9. The van der Waals surface area contributed by atoms with Gasteiger partial charge in [-0.1, -0.05) is 19.8 Å². The molecule has 0 aromatic rings. The highest BCUT2D eigenvalue weighted by Crippen LogP contribution is 2.33. The summed E-state index contributed by atoms with van der Waals surface area (Å²) in [6.07, 6.45) is 3.17. The van der Waals surface area contributed by atoms with Gasteiger partial charge in [-0.05, 0) is 25.2 Å². The summed E-state index contributed by atoms with van der Waals surface area (Å²) in [6.45, 7) is 2.62. The molecule has 2 aliphatic rings. The smallest absolute Gasteiger partial charge is 0.329 e. The van der Waals surface area contributed by atoms with Gasteiger partial charge in [-0.2, -0.15) is 0 Å². The van der Waals surface area contributed by atoms with Crippen LogP contribution in [0.2, 0.25) is 0 Å². The van der Waals surface area contributed by atoms with Crippen molar-refractivity contribution in [1.82, 2.24) is 5.32 Å². The molecule has 1 amide bonds. The van der Waals surface area contributed by atoms with Crippen molar-refractivity contribution >= 4 is 11.9 Å². The van der Waals surface area contributed by atoms with Gasteiger partial charge in [-0.15, -0.1) is 0 Å². The van der Waals surface area contributed by atoms with Crippen molar-refractivity contribution < 1.29 is 19.4 Å². The van der Waals surface area contributed by atoms with Crippen LogP contribution in [0, 0.1) is 5.92 Å². The van der Waals surface area contributed by atoms with Crippen LogP contribution in [0.4, 0.5) is 0 Å². The SMILES string of the molecule is CC1CCCC(NC(=O)C2(N)CCOC2)(C(=O)O)C1. The Morgan fingerprint density at radius 2 is 2.16 bits per heavy atom. The number of hydrogen-bond donors (Lipinski definition) is 3. The molecule has 0 aromatic heterocycles. The van der Waals surface area contributed by atoms with E-state index in [0.717, 1.165) is 12.8 Å². The number of carbonyl (C=O) groups excluding carboxylic acids is 1. The standard InChI is InChI=1S/C13H22N2O4/c1-9-3-2-4-13(7-9,11(17)18)15-10(16)12(14)5-6-19-8-12/h9H,2-8,14H2,1H3,(H,15,16)(H,17,18). The Morgan fingerprint density at radius 1 is 1.42 bits per heavy atom. The molecule has 19 heavy (non-hydrogen) atoms. The van der Waals surface area contributed by atoms with Crippen LogP contribution in [0.25, 0.3) is 0 Å². The first-order chi connectivity index (χ1) is 8.88. The van der Waals surface area contributed by atoms with Crippen LogP contribution in [0.5, 0.6) is 0 Å². The predicted molar refractivity (Wildman–Crippen MR) is 68.5 cm³/mol. The number of carboxylic acid groups (broad SMARTS) is 1. The van der Waals surface area contributed by atoms with E-state index in [1.54, 1.807) is 0 Å². The van der Waals surface area contributed by atoms with E-state index < -0.39 is 23.0 Å². The normalized spacial score (nSPS) is 38.9. The van der Waals surface area contributed by atoms with Crippen molar-refractivity contribution in [1.29, 1.82) is 0 Å². The fourth-order valence-corrected chi connectivity index (χ4v) is 3.01. The maximum Gasteiger partial charge on any atom is 0.329 e. The third-order valence-corrected chi connectivity index (χ3v) is 4.26. The fourth-order valence-electron chi connectivity index (χ4n) is 3.01. The Bertz CT molecular complexity index is 379. The van der Waals surface area contributed by atoms with Crippen LogP contribution < -0.4 is 11.1 Å². The van der Waals surface area contributed by atoms with Crippen molar-refractivity contribution in [3.05, 3.63) is 0 Å². The summed E-state index contributed by atoms with van der Waals surface area (Å²) >= 11 is 0. The summed E-state index contributed by atoms with van der Waals surface area (Å²) in [5, 5.41) is 12.2. The molecule has 0 bridgehead atoms. The molecule has 2 rings (SSSR count). The van der Waals surface area contributed by atoms with Gasteiger partial charge in [0.2, 0.25) is 5.91 Å². The molecule has 108 valence electrons. The summed E-state index contributed by atoms with van der Waals surface area (Å²) in [6, 6.07) is 0. The first-order valence-electron chi connectivity index (χ1n) is 6.81. The second-order valence-electron chi connectivity index (χ2n) is 6.00. The number of ether oxygens (including phenoxy) is 1. The Morgan fingerprint density at radius 3 is 2.68 bits per heavy atom. The van der Waals surface area contributed by atoms with Gasteiger partial charge in [0, 0.05) is 6.61 Å². The molecule has 1 saturated carbocycles. The number of carbonyl (C=O) groups is 2. The maximum absolute atomic E-state index is 12.3. The topological polar surface area (TPSA) is 102 Å². The van der Waals surface area contributed by atoms with Gasteiger partial charge >= 0.3 is 5.97 Å². The summed E-state index contributed by atoms with van der Waals surface area (Å²) in [5.74, 6) is -1.07. The molecule has 1 saturated heterocycles. The maximum atomic E-state index is 12.3. The van der Waals surface area contributed by atoms with Crippen LogP contribution in [-0.2, 0) is 14.3 Å². The Hall–Kier alpha value is -1.14. The number of carboxylic acids is 1. The lowest BCUT2D eigenvalue weighted by molar-refractivity contribution is -0.151. The fraction of sp³-hybridized carbons (Fsp3) is 0.846. The molecule has 0 radical (unpaired) electrons. The van der Waals surface area contributed by atoms with Gasteiger partial charge in [0.15, 0.2) is 0 Å². The molecule has 0 spiro atoms. The largest absolute Gasteiger partial charge is 0.480 e. The highest BCUT2D eigenvalue weighted by atomic mass is 16.5. The van der Waals surface area contributed by atoms with E-state index in [4.69, 9.17) is 10.5 Å². The summed E-state index contributed by atoms with van der Waals surface area (Å²) in [5.41, 5.74) is 3.74. The molecule has 1 aliphatic heterocycles. The first kappa shape index (κ1) is 14.3.